The SMILES string of the molecule is CC(C)(C)OC(=O)N1CCOCC1c1nccc(OS(=O)(=O)C(F)(F)F)n1. The largest absolute Gasteiger partial charge is 0.534 e. The van der Waals surface area contributed by atoms with Gasteiger partial charge in [-0.15, -0.1) is 0 Å². The molecule has 1 saturated heterocycles. The first kappa shape index (κ1) is 21.2. The number of morpholine rings is 1. The topological polar surface area (TPSA) is 108 Å². The van der Waals surface area contributed by atoms with Gasteiger partial charge in [0.1, 0.15) is 11.6 Å². The van der Waals surface area contributed by atoms with E-state index in [-0.39, 0.29) is 25.6 Å². The lowest BCUT2D eigenvalue weighted by molar-refractivity contribution is -0.0501. The number of hydrogen-bond acceptors (Lipinski definition) is 8. The zero-order chi connectivity index (χ0) is 20.5. The molecule has 1 aliphatic heterocycles. The molecule has 1 aliphatic rings. The van der Waals surface area contributed by atoms with Crippen molar-refractivity contribution in [1.29, 1.82) is 0 Å². The van der Waals surface area contributed by atoms with Crippen molar-refractivity contribution >= 4 is 16.2 Å². The molecule has 1 unspecified atom stereocenters. The first-order chi connectivity index (χ1) is 12.3. The number of amides is 1. The Hall–Kier alpha value is -2.15. The number of carbonyl (C=O) groups is 1. The maximum atomic E-state index is 12.5. The molecule has 9 nitrogen and oxygen atoms in total. The summed E-state index contributed by atoms with van der Waals surface area (Å²) in [5.74, 6) is -0.970. The van der Waals surface area contributed by atoms with Gasteiger partial charge in [-0.1, -0.05) is 0 Å². The third-order valence-corrected chi connectivity index (χ3v) is 4.14. The Morgan fingerprint density at radius 1 is 1.33 bits per heavy atom. The van der Waals surface area contributed by atoms with Gasteiger partial charge < -0.3 is 13.7 Å². The van der Waals surface area contributed by atoms with Gasteiger partial charge in [-0.05, 0) is 20.8 Å². The van der Waals surface area contributed by atoms with E-state index in [0.29, 0.717) is 0 Å². The summed E-state index contributed by atoms with van der Waals surface area (Å²) < 4.78 is 74.2. The molecule has 1 amide bonds. The molecule has 0 radical (unpaired) electrons. The fourth-order valence-corrected chi connectivity index (χ4v) is 2.49. The summed E-state index contributed by atoms with van der Waals surface area (Å²) in [6, 6.07) is -0.0281. The van der Waals surface area contributed by atoms with Crippen molar-refractivity contribution in [3.8, 4) is 5.88 Å². The summed E-state index contributed by atoms with van der Waals surface area (Å²) in [6.07, 6.45) is 0.333. The van der Waals surface area contributed by atoms with E-state index in [1.165, 1.54) is 4.90 Å². The third-order valence-electron chi connectivity index (χ3n) is 3.18. The van der Waals surface area contributed by atoms with E-state index in [2.05, 4.69) is 14.2 Å². The fourth-order valence-electron chi connectivity index (χ4n) is 2.08. The Bertz CT molecular complexity index is 794. The Balaban J connectivity index is 2.26. The molecule has 0 aliphatic carbocycles. The highest BCUT2D eigenvalue weighted by molar-refractivity contribution is 7.87. The second-order valence-electron chi connectivity index (χ2n) is 6.50. The summed E-state index contributed by atoms with van der Waals surface area (Å²) in [5.41, 5.74) is -6.37. The molecule has 13 heteroatoms. The Morgan fingerprint density at radius 3 is 2.59 bits per heavy atom. The van der Waals surface area contributed by atoms with Gasteiger partial charge in [0.2, 0.25) is 5.88 Å². The van der Waals surface area contributed by atoms with Crippen LogP contribution in [0.25, 0.3) is 0 Å². The molecule has 0 N–H and O–H groups in total. The molecule has 0 saturated carbocycles. The molecule has 0 bridgehead atoms. The van der Waals surface area contributed by atoms with Gasteiger partial charge in [0.15, 0.2) is 5.82 Å². The fraction of sp³-hybridized carbons (Fsp3) is 0.643. The molecule has 1 fully saturated rings. The third kappa shape index (κ3) is 5.42. The average Bonchev–Trinajstić information content (AvgIpc) is 2.52. The van der Waals surface area contributed by atoms with Gasteiger partial charge in [-0.2, -0.15) is 26.6 Å². The molecule has 2 rings (SSSR count). The van der Waals surface area contributed by atoms with Gasteiger partial charge in [0.05, 0.1) is 13.2 Å². The molecule has 1 aromatic rings. The molecule has 2 heterocycles. The molecule has 152 valence electrons. The van der Waals surface area contributed by atoms with Crippen LogP contribution in [-0.4, -0.2) is 60.2 Å². The van der Waals surface area contributed by atoms with Crippen LogP contribution in [0.2, 0.25) is 0 Å². The Morgan fingerprint density at radius 2 is 2.00 bits per heavy atom. The quantitative estimate of drug-likeness (QED) is 0.547. The first-order valence-electron chi connectivity index (χ1n) is 7.71. The number of aromatic nitrogens is 2. The molecule has 0 spiro atoms. The van der Waals surface area contributed by atoms with Crippen molar-refractivity contribution in [1.82, 2.24) is 14.9 Å². The van der Waals surface area contributed by atoms with Crippen molar-refractivity contribution < 1.29 is 40.0 Å². The predicted octanol–water partition coefficient (Wildman–Crippen LogP) is 2.01. The van der Waals surface area contributed by atoms with Crippen LogP contribution in [0.3, 0.4) is 0 Å². The van der Waals surface area contributed by atoms with E-state index >= 15 is 0 Å². The smallest absolute Gasteiger partial charge is 0.444 e. The predicted molar refractivity (Wildman–Crippen MR) is 84.1 cm³/mol. The van der Waals surface area contributed by atoms with Crippen LogP contribution in [0.5, 0.6) is 5.88 Å². The van der Waals surface area contributed by atoms with E-state index in [9.17, 15) is 26.4 Å². The van der Waals surface area contributed by atoms with Gasteiger partial charge >= 0.3 is 21.7 Å². The number of ether oxygens (including phenoxy) is 2. The summed E-state index contributed by atoms with van der Waals surface area (Å²) >= 11 is 0. The van der Waals surface area contributed by atoms with Crippen LogP contribution in [-0.2, 0) is 19.6 Å². The highest BCUT2D eigenvalue weighted by Crippen LogP contribution is 2.28. The van der Waals surface area contributed by atoms with Crippen LogP contribution in [0.1, 0.15) is 32.6 Å². The normalized spacial score (nSPS) is 18.9. The minimum atomic E-state index is -5.88. The van der Waals surface area contributed by atoms with Crippen LogP contribution in [0.4, 0.5) is 18.0 Å². The van der Waals surface area contributed by atoms with Crippen LogP contribution >= 0.6 is 0 Å². The van der Waals surface area contributed by atoms with Gasteiger partial charge in [0.25, 0.3) is 0 Å². The number of alkyl halides is 3. The van der Waals surface area contributed by atoms with Crippen LogP contribution < -0.4 is 4.18 Å². The summed E-state index contributed by atoms with van der Waals surface area (Å²) in [4.78, 5) is 21.2. The minimum absolute atomic E-state index is 0.0469. The van der Waals surface area contributed by atoms with Gasteiger partial charge in [-0.3, -0.25) is 4.90 Å². The average molecular weight is 413 g/mol. The Labute approximate surface area is 153 Å². The summed E-state index contributed by atoms with van der Waals surface area (Å²) in [5, 5.41) is 0. The highest BCUT2D eigenvalue weighted by atomic mass is 32.2. The molecule has 0 aromatic carbocycles. The van der Waals surface area contributed by atoms with Gasteiger partial charge in [0, 0.05) is 18.8 Å². The lowest BCUT2D eigenvalue weighted by Gasteiger charge is -2.35. The number of nitrogens with zero attached hydrogens (tertiary/aromatic N) is 3. The van der Waals surface area contributed by atoms with E-state index in [4.69, 9.17) is 9.47 Å². The lowest BCUT2D eigenvalue weighted by Crippen LogP contribution is -2.46. The maximum absolute atomic E-state index is 12.5. The number of hydrogen-bond donors (Lipinski definition) is 0. The number of halogens is 3. The molecular weight excluding hydrogens is 395 g/mol. The van der Waals surface area contributed by atoms with E-state index in [0.717, 1.165) is 12.3 Å². The molecule has 1 atom stereocenters. The van der Waals surface area contributed by atoms with Gasteiger partial charge in [-0.25, -0.2) is 9.78 Å². The number of carbonyl (C=O) groups excluding carboxylic acids is 1. The van der Waals surface area contributed by atoms with Crippen molar-refractivity contribution in [3.63, 3.8) is 0 Å². The first-order valence-corrected chi connectivity index (χ1v) is 9.12. The summed E-state index contributed by atoms with van der Waals surface area (Å²) in [7, 11) is -5.88. The molecular formula is C14H18F3N3O6S. The van der Waals surface area contributed by atoms with Crippen molar-refractivity contribution in [2.24, 2.45) is 0 Å². The van der Waals surface area contributed by atoms with E-state index in [1.807, 2.05) is 0 Å². The van der Waals surface area contributed by atoms with E-state index < -0.39 is 39.2 Å². The van der Waals surface area contributed by atoms with Crippen molar-refractivity contribution in [2.75, 3.05) is 19.8 Å². The number of rotatable bonds is 3. The second-order valence-corrected chi connectivity index (χ2v) is 8.04. The monoisotopic (exact) mass is 413 g/mol. The second kappa shape index (κ2) is 7.46. The maximum Gasteiger partial charge on any atom is 0.534 e. The highest BCUT2D eigenvalue weighted by Gasteiger charge is 2.49. The Kier molecular flexibility index (Phi) is 5.85. The zero-order valence-corrected chi connectivity index (χ0v) is 15.5. The molecule has 1 aromatic heterocycles. The van der Waals surface area contributed by atoms with Crippen LogP contribution in [0.15, 0.2) is 12.3 Å². The summed E-state index contributed by atoms with van der Waals surface area (Å²) in [6.45, 7) is 5.33. The lowest BCUT2D eigenvalue weighted by atomic mass is 10.2. The van der Waals surface area contributed by atoms with E-state index in [1.54, 1.807) is 20.8 Å². The van der Waals surface area contributed by atoms with Crippen molar-refractivity contribution in [3.05, 3.63) is 18.1 Å². The van der Waals surface area contributed by atoms with Crippen molar-refractivity contribution in [2.45, 2.75) is 37.9 Å². The molecule has 27 heavy (non-hydrogen) atoms. The minimum Gasteiger partial charge on any atom is -0.444 e. The zero-order valence-electron chi connectivity index (χ0n) is 14.7. The van der Waals surface area contributed by atoms with Crippen LogP contribution in [0, 0.1) is 0 Å². The standard InChI is InChI=1S/C14H18F3N3O6S/c1-13(2,3)25-12(21)20-6-7-24-8-9(20)11-18-5-4-10(19-11)26-27(22,23)14(15,16)17/h4-5,9H,6-8H2,1-3H3.